The zero-order valence-electron chi connectivity index (χ0n) is 45.2. The van der Waals surface area contributed by atoms with Crippen molar-refractivity contribution in [3.05, 3.63) is 328 Å². The molecule has 0 heteroatoms. The molecule has 0 unspecified atom stereocenters. The molecule has 15 rings (SSSR count). The Morgan fingerprint density at radius 3 is 0.610 bits per heavy atom. The van der Waals surface area contributed by atoms with Crippen molar-refractivity contribution in [1.82, 2.24) is 0 Å². The molecule has 15 aromatic carbocycles. The Hall–Kier alpha value is -10.7. The molecule has 0 saturated heterocycles. The lowest BCUT2D eigenvalue weighted by atomic mass is 9.81. The van der Waals surface area contributed by atoms with Crippen LogP contribution in [0.4, 0.5) is 0 Å². The van der Waals surface area contributed by atoms with Crippen molar-refractivity contribution in [2.45, 2.75) is 0 Å². The van der Waals surface area contributed by atoms with Gasteiger partial charge in [-0.25, -0.2) is 0 Å². The molecule has 0 bridgehead atoms. The van der Waals surface area contributed by atoms with Gasteiger partial charge in [0.05, 0.1) is 0 Å². The van der Waals surface area contributed by atoms with E-state index in [-0.39, 0.29) is 0 Å². The van der Waals surface area contributed by atoms with E-state index in [0.29, 0.717) is 0 Å². The van der Waals surface area contributed by atoms with Crippen LogP contribution >= 0.6 is 0 Å². The van der Waals surface area contributed by atoms with Crippen molar-refractivity contribution in [2.75, 3.05) is 0 Å². The molecule has 0 radical (unpaired) electrons. The average Bonchev–Trinajstić information content (AvgIpc) is 3.56. The highest BCUT2D eigenvalue weighted by Crippen LogP contribution is 2.51. The summed E-state index contributed by atoms with van der Waals surface area (Å²) >= 11 is 0. The number of rotatable bonds is 10. The van der Waals surface area contributed by atoms with Crippen molar-refractivity contribution < 1.29 is 0 Å². The molecule has 0 aromatic heterocycles. The van der Waals surface area contributed by atoms with Gasteiger partial charge in [0, 0.05) is 0 Å². The van der Waals surface area contributed by atoms with E-state index in [2.05, 4.69) is 328 Å². The Kier molecular flexibility index (Phi) is 12.3. The Morgan fingerprint density at radius 1 is 0.110 bits per heavy atom. The first-order chi connectivity index (χ1) is 40.7. The normalized spacial score (nSPS) is 11.4. The van der Waals surface area contributed by atoms with E-state index in [0.717, 1.165) is 22.3 Å². The van der Waals surface area contributed by atoms with Gasteiger partial charge in [-0.1, -0.05) is 309 Å². The highest BCUT2D eigenvalue weighted by atomic mass is 14.3. The van der Waals surface area contributed by atoms with Crippen LogP contribution in [0.5, 0.6) is 0 Å². The van der Waals surface area contributed by atoms with Crippen LogP contribution in [0.1, 0.15) is 0 Å². The first-order valence-electron chi connectivity index (χ1n) is 28.4. The molecule has 0 heterocycles. The van der Waals surface area contributed by atoms with E-state index >= 15 is 0 Å². The number of fused-ring (bicyclic) bond motifs is 4. The van der Waals surface area contributed by atoms with Crippen LogP contribution in [0.15, 0.2) is 328 Å². The van der Waals surface area contributed by atoms with E-state index in [1.807, 2.05) is 0 Å². The maximum atomic E-state index is 2.47. The van der Waals surface area contributed by atoms with Gasteiger partial charge >= 0.3 is 0 Å². The van der Waals surface area contributed by atoms with Gasteiger partial charge in [0.25, 0.3) is 0 Å². The molecule has 0 N–H and O–H groups in total. The topological polar surface area (TPSA) is 0 Å². The molecule has 15 aromatic rings. The zero-order chi connectivity index (χ0) is 54.3. The van der Waals surface area contributed by atoms with E-state index in [4.69, 9.17) is 0 Å². The lowest BCUT2D eigenvalue weighted by Crippen LogP contribution is -1.95. The molecule has 382 valence electrons. The third kappa shape index (κ3) is 8.49. The summed E-state index contributed by atoms with van der Waals surface area (Å²) in [6.45, 7) is 0. The third-order valence-corrected chi connectivity index (χ3v) is 16.7. The quantitative estimate of drug-likeness (QED) is 0.120. The highest BCUT2D eigenvalue weighted by Gasteiger charge is 2.24. The Bertz CT molecular complexity index is 4570. The fourth-order valence-corrected chi connectivity index (χ4v) is 13.0. The second kappa shape index (κ2) is 20.9. The van der Waals surface area contributed by atoms with Gasteiger partial charge in [-0.15, -0.1) is 0 Å². The summed E-state index contributed by atoms with van der Waals surface area (Å²) in [5, 5.41) is 9.77. The van der Waals surface area contributed by atoms with Crippen LogP contribution in [0.2, 0.25) is 0 Å². The van der Waals surface area contributed by atoms with Crippen LogP contribution in [0.25, 0.3) is 154 Å². The molecule has 0 fully saturated rings. The van der Waals surface area contributed by atoms with Gasteiger partial charge in [-0.2, -0.15) is 0 Å². The summed E-state index contributed by atoms with van der Waals surface area (Å²) < 4.78 is 0. The monoisotopic (exact) mass is 1040 g/mol. The van der Waals surface area contributed by atoms with Gasteiger partial charge in [0.15, 0.2) is 0 Å². The number of hydrogen-bond acceptors (Lipinski definition) is 0. The molecule has 82 heavy (non-hydrogen) atoms. The van der Waals surface area contributed by atoms with E-state index < -0.39 is 0 Å². The molecular formula is C82H54. The van der Waals surface area contributed by atoms with Gasteiger partial charge in [0.2, 0.25) is 0 Å². The van der Waals surface area contributed by atoms with E-state index in [9.17, 15) is 0 Å². The minimum atomic E-state index is 1.16. The molecule has 0 aliphatic heterocycles. The average molecular weight is 1040 g/mol. The van der Waals surface area contributed by atoms with Crippen molar-refractivity contribution in [1.29, 1.82) is 0 Å². The van der Waals surface area contributed by atoms with E-state index in [1.54, 1.807) is 0 Å². The molecule has 0 spiro atoms. The standard InChI is InChI=1S/C82H54/c1-5-26-55(27-6-1)63-36-13-17-40-67(63)79-71-44-21-23-46-73(71)81(69-42-19-15-38-65(69)57-30-9-3-10-31-57)77-53-61(48-50-75(77)79)59-34-25-35-60(52-59)62-49-51-76-78(54-62)82(70-43-20-16-39-66(70)58-32-11-4-12-33-58)74-47-24-22-45-72(74)80(76)68-41-18-14-37-64(68)56-28-7-2-8-29-56/h1-54H. The van der Waals surface area contributed by atoms with Gasteiger partial charge < -0.3 is 0 Å². The van der Waals surface area contributed by atoms with Gasteiger partial charge in [0.1, 0.15) is 0 Å². The summed E-state index contributed by atoms with van der Waals surface area (Å²) in [6.07, 6.45) is 0. The van der Waals surface area contributed by atoms with Crippen LogP contribution in [-0.2, 0) is 0 Å². The molecule has 0 aliphatic rings. The van der Waals surface area contributed by atoms with Crippen LogP contribution in [0, 0.1) is 0 Å². The lowest BCUT2D eigenvalue weighted by Gasteiger charge is -2.22. The second-order valence-corrected chi connectivity index (χ2v) is 21.3. The predicted octanol–water partition coefficient (Wildman–Crippen LogP) is 23.0. The Balaban J connectivity index is 0.969. The van der Waals surface area contributed by atoms with E-state index in [1.165, 1.54) is 132 Å². The highest BCUT2D eigenvalue weighted by molar-refractivity contribution is 6.25. The Morgan fingerprint density at radius 2 is 0.317 bits per heavy atom. The molecule has 0 nitrogen and oxygen atoms in total. The maximum absolute atomic E-state index is 2.47. The predicted molar refractivity (Wildman–Crippen MR) is 351 cm³/mol. The molecule has 0 amide bonds. The Labute approximate surface area is 479 Å². The summed E-state index contributed by atoms with van der Waals surface area (Å²) in [4.78, 5) is 0. The molecule has 0 atom stereocenters. The van der Waals surface area contributed by atoms with Crippen LogP contribution in [-0.4, -0.2) is 0 Å². The number of benzene rings is 15. The van der Waals surface area contributed by atoms with Crippen molar-refractivity contribution in [3.63, 3.8) is 0 Å². The molecule has 0 saturated carbocycles. The minimum absolute atomic E-state index is 1.16. The lowest BCUT2D eigenvalue weighted by molar-refractivity contribution is 1.58. The van der Waals surface area contributed by atoms with Crippen molar-refractivity contribution in [3.8, 4) is 111 Å². The van der Waals surface area contributed by atoms with Crippen molar-refractivity contribution in [2.24, 2.45) is 0 Å². The molecule has 0 aliphatic carbocycles. The summed E-state index contributed by atoms with van der Waals surface area (Å²) in [6, 6.07) is 121. The first-order valence-corrected chi connectivity index (χ1v) is 28.4. The fraction of sp³-hybridized carbons (Fsp3) is 0. The van der Waals surface area contributed by atoms with Crippen LogP contribution < -0.4 is 0 Å². The zero-order valence-corrected chi connectivity index (χ0v) is 45.2. The fourth-order valence-electron chi connectivity index (χ4n) is 13.0. The van der Waals surface area contributed by atoms with Crippen molar-refractivity contribution >= 4 is 43.1 Å². The maximum Gasteiger partial charge on any atom is -0.00199 e. The number of hydrogen-bond donors (Lipinski definition) is 0. The summed E-state index contributed by atoms with van der Waals surface area (Å²) in [5.74, 6) is 0. The SMILES string of the molecule is c1ccc(-c2ccccc2-c2c3ccccc3c(-c3ccccc3-c3ccccc3)c3cc(-c4cccc(-c5ccc6c(-c7ccccc7-c7ccccc7)c7ccccc7c(-c7ccccc7-c7ccccc7)c6c5)c4)ccc23)cc1. The summed E-state index contributed by atoms with van der Waals surface area (Å²) in [7, 11) is 0. The van der Waals surface area contributed by atoms with Crippen LogP contribution in [0.3, 0.4) is 0 Å². The van der Waals surface area contributed by atoms with Gasteiger partial charge in [-0.05, 0) is 173 Å². The smallest absolute Gasteiger partial charge is 0.00199 e. The third-order valence-electron chi connectivity index (χ3n) is 16.7. The molecular weight excluding hydrogens is 985 g/mol. The van der Waals surface area contributed by atoms with Gasteiger partial charge in [-0.3, -0.25) is 0 Å². The minimum Gasteiger partial charge on any atom is -0.0622 e. The summed E-state index contributed by atoms with van der Waals surface area (Å²) in [5.41, 5.74) is 24.1. The first kappa shape index (κ1) is 48.5. The largest absolute Gasteiger partial charge is 0.0622 e. The second-order valence-electron chi connectivity index (χ2n) is 21.3.